The van der Waals surface area contributed by atoms with Crippen LogP contribution < -0.4 is 5.32 Å². The Kier molecular flexibility index (Phi) is 4.79. The van der Waals surface area contributed by atoms with Crippen LogP contribution >= 0.6 is 0 Å². The van der Waals surface area contributed by atoms with E-state index in [1.807, 2.05) is 13.0 Å². The van der Waals surface area contributed by atoms with Crippen molar-refractivity contribution in [3.05, 3.63) is 60.1 Å². The van der Waals surface area contributed by atoms with Crippen LogP contribution in [0.25, 0.3) is 17.1 Å². The second-order valence-corrected chi connectivity index (χ2v) is 6.26. The number of amides is 1. The van der Waals surface area contributed by atoms with Crippen molar-refractivity contribution in [3.8, 4) is 11.5 Å². The van der Waals surface area contributed by atoms with E-state index >= 15 is 0 Å². The van der Waals surface area contributed by atoms with Crippen molar-refractivity contribution in [1.29, 1.82) is 0 Å². The molecule has 4 aromatic rings. The van der Waals surface area contributed by atoms with Gasteiger partial charge in [0.25, 0.3) is 5.89 Å². The molecule has 0 saturated carbocycles. The van der Waals surface area contributed by atoms with Crippen molar-refractivity contribution >= 4 is 17.2 Å². The molecule has 0 aliphatic carbocycles. The lowest BCUT2D eigenvalue weighted by Gasteiger charge is -2.05. The quantitative estimate of drug-likeness (QED) is 0.552. The molecule has 1 amide bonds. The number of nitrogens with zero attached hydrogens (tertiary/aromatic N) is 5. The molecule has 1 aromatic carbocycles. The summed E-state index contributed by atoms with van der Waals surface area (Å²) in [6.45, 7) is 2.04. The fourth-order valence-electron chi connectivity index (χ4n) is 2.76. The van der Waals surface area contributed by atoms with Crippen molar-refractivity contribution in [2.75, 3.05) is 5.32 Å². The first kappa shape index (κ1) is 17.8. The summed E-state index contributed by atoms with van der Waals surface area (Å²) in [5.74, 6) is 0.872. The molecule has 8 nitrogen and oxygen atoms in total. The maximum absolute atomic E-state index is 13.0. The molecule has 0 spiro atoms. The van der Waals surface area contributed by atoms with E-state index in [0.717, 1.165) is 12.8 Å². The smallest absolute Gasteiger partial charge is 0.259 e. The Morgan fingerprint density at radius 1 is 1.18 bits per heavy atom. The molecule has 0 bridgehead atoms. The molecular formula is C19H17FN6O2. The van der Waals surface area contributed by atoms with E-state index in [9.17, 15) is 9.18 Å². The van der Waals surface area contributed by atoms with Gasteiger partial charge in [-0.05, 0) is 42.8 Å². The molecule has 3 heterocycles. The largest absolute Gasteiger partial charge is 0.334 e. The van der Waals surface area contributed by atoms with Crippen LogP contribution in [0.4, 0.5) is 10.1 Å². The Hall–Kier alpha value is -3.62. The summed E-state index contributed by atoms with van der Waals surface area (Å²) in [5.41, 5.74) is 1.82. The van der Waals surface area contributed by atoms with Crippen molar-refractivity contribution in [2.24, 2.45) is 0 Å². The van der Waals surface area contributed by atoms with Gasteiger partial charge in [0.2, 0.25) is 5.91 Å². The number of carbonyl (C=O) groups is 1. The number of fused-ring (bicyclic) bond motifs is 1. The minimum absolute atomic E-state index is 0.00686. The summed E-state index contributed by atoms with van der Waals surface area (Å²) >= 11 is 0. The normalized spacial score (nSPS) is 11.1. The maximum atomic E-state index is 13.0. The molecule has 0 aliphatic heterocycles. The van der Waals surface area contributed by atoms with Gasteiger partial charge >= 0.3 is 0 Å². The molecule has 1 N–H and O–H groups in total. The van der Waals surface area contributed by atoms with Crippen molar-refractivity contribution in [2.45, 2.75) is 26.2 Å². The fourth-order valence-corrected chi connectivity index (χ4v) is 2.76. The third-order valence-electron chi connectivity index (χ3n) is 4.11. The van der Waals surface area contributed by atoms with Crippen molar-refractivity contribution < 1.29 is 13.7 Å². The standard InChI is InChI=1S/C19H17FN6O2/c1-2-3-15-22-19(28-25-15)12-4-9-16-23-24-17(26(16)11-12)10-18(27)21-14-7-5-13(20)6-8-14/h4-9,11H,2-3,10H2,1H3,(H,21,27). The number of anilines is 1. The highest BCUT2D eigenvalue weighted by atomic mass is 19.1. The first-order chi connectivity index (χ1) is 13.6. The number of nitrogens with one attached hydrogen (secondary N) is 1. The molecule has 4 rings (SSSR count). The number of aromatic nitrogens is 5. The van der Waals surface area contributed by atoms with Crippen LogP contribution in [0, 0.1) is 5.82 Å². The van der Waals surface area contributed by atoms with E-state index in [2.05, 4.69) is 25.7 Å². The highest BCUT2D eigenvalue weighted by Gasteiger charge is 2.14. The second kappa shape index (κ2) is 7.55. The predicted octanol–water partition coefficient (Wildman–Crippen LogP) is 3.05. The number of rotatable bonds is 6. The number of carbonyl (C=O) groups excluding carboxylic acids is 1. The van der Waals surface area contributed by atoms with Crippen LogP contribution in [0.3, 0.4) is 0 Å². The molecule has 3 aromatic heterocycles. The summed E-state index contributed by atoms with van der Waals surface area (Å²) in [4.78, 5) is 16.7. The van der Waals surface area contributed by atoms with Crippen molar-refractivity contribution in [3.63, 3.8) is 0 Å². The van der Waals surface area contributed by atoms with Crippen LogP contribution in [0.15, 0.2) is 47.1 Å². The third-order valence-corrected chi connectivity index (χ3v) is 4.11. The summed E-state index contributed by atoms with van der Waals surface area (Å²) in [7, 11) is 0. The van der Waals surface area contributed by atoms with Gasteiger partial charge in [0, 0.05) is 18.3 Å². The van der Waals surface area contributed by atoms with E-state index in [1.54, 1.807) is 16.7 Å². The lowest BCUT2D eigenvalue weighted by molar-refractivity contribution is -0.115. The number of pyridine rings is 1. The minimum atomic E-state index is -0.364. The first-order valence-corrected chi connectivity index (χ1v) is 8.84. The average molecular weight is 380 g/mol. The van der Waals surface area contributed by atoms with Crippen LogP contribution in [0.1, 0.15) is 25.0 Å². The van der Waals surface area contributed by atoms with Crippen LogP contribution in [0.2, 0.25) is 0 Å². The predicted molar refractivity (Wildman–Crippen MR) is 99.0 cm³/mol. The first-order valence-electron chi connectivity index (χ1n) is 8.84. The van der Waals surface area contributed by atoms with Crippen molar-refractivity contribution in [1.82, 2.24) is 24.7 Å². The summed E-state index contributed by atoms with van der Waals surface area (Å²) < 4.78 is 20.0. The Morgan fingerprint density at radius 2 is 2.00 bits per heavy atom. The summed E-state index contributed by atoms with van der Waals surface area (Å²) in [5, 5.41) is 14.8. The SMILES string of the molecule is CCCc1noc(-c2ccc3nnc(CC(=O)Nc4ccc(F)cc4)n3c2)n1. The zero-order valence-corrected chi connectivity index (χ0v) is 15.1. The molecule has 0 radical (unpaired) electrons. The fraction of sp³-hybridized carbons (Fsp3) is 0.211. The second-order valence-electron chi connectivity index (χ2n) is 6.26. The van der Waals surface area contributed by atoms with Gasteiger partial charge in [0.15, 0.2) is 11.5 Å². The monoisotopic (exact) mass is 380 g/mol. The van der Waals surface area contributed by atoms with E-state index in [0.29, 0.717) is 34.4 Å². The zero-order chi connectivity index (χ0) is 19.5. The van der Waals surface area contributed by atoms with Gasteiger partial charge in [0.05, 0.1) is 12.0 Å². The van der Waals surface area contributed by atoms with E-state index in [1.165, 1.54) is 24.3 Å². The Balaban J connectivity index is 1.55. The van der Waals surface area contributed by atoms with E-state index in [4.69, 9.17) is 4.52 Å². The zero-order valence-electron chi connectivity index (χ0n) is 15.1. The topological polar surface area (TPSA) is 98.2 Å². The number of hydrogen-bond acceptors (Lipinski definition) is 6. The van der Waals surface area contributed by atoms with Crippen LogP contribution in [-0.4, -0.2) is 30.6 Å². The molecule has 0 aliphatic rings. The number of benzene rings is 1. The molecular weight excluding hydrogens is 363 g/mol. The number of hydrogen-bond donors (Lipinski definition) is 1. The Morgan fingerprint density at radius 3 is 2.79 bits per heavy atom. The third kappa shape index (κ3) is 3.73. The lowest BCUT2D eigenvalue weighted by atomic mass is 10.2. The Labute approximate surface area is 159 Å². The van der Waals surface area contributed by atoms with Gasteiger partial charge in [-0.15, -0.1) is 10.2 Å². The molecule has 0 atom stereocenters. The number of aryl methyl sites for hydroxylation is 1. The van der Waals surface area contributed by atoms with Gasteiger partial charge in [-0.25, -0.2) is 4.39 Å². The van der Waals surface area contributed by atoms with E-state index in [-0.39, 0.29) is 18.1 Å². The summed E-state index contributed by atoms with van der Waals surface area (Å²) in [6.07, 6.45) is 3.44. The molecule has 9 heteroatoms. The molecule has 0 unspecified atom stereocenters. The summed E-state index contributed by atoms with van der Waals surface area (Å²) in [6, 6.07) is 9.15. The minimum Gasteiger partial charge on any atom is -0.334 e. The van der Waals surface area contributed by atoms with E-state index < -0.39 is 0 Å². The van der Waals surface area contributed by atoms with Gasteiger partial charge < -0.3 is 9.84 Å². The van der Waals surface area contributed by atoms with Gasteiger partial charge in [-0.1, -0.05) is 12.1 Å². The van der Waals surface area contributed by atoms with Crippen LogP contribution in [0.5, 0.6) is 0 Å². The molecule has 142 valence electrons. The molecule has 28 heavy (non-hydrogen) atoms. The average Bonchev–Trinajstić information content (AvgIpc) is 3.31. The number of halogens is 1. The molecule has 0 saturated heterocycles. The van der Waals surface area contributed by atoms with Gasteiger partial charge in [0.1, 0.15) is 11.6 Å². The lowest BCUT2D eigenvalue weighted by Crippen LogP contribution is -2.16. The van der Waals surface area contributed by atoms with Gasteiger partial charge in [-0.3, -0.25) is 9.20 Å². The maximum Gasteiger partial charge on any atom is 0.259 e. The van der Waals surface area contributed by atoms with Gasteiger partial charge in [-0.2, -0.15) is 4.98 Å². The highest BCUT2D eigenvalue weighted by Crippen LogP contribution is 2.19. The Bertz CT molecular complexity index is 1120. The van der Waals surface area contributed by atoms with Crippen LogP contribution in [-0.2, 0) is 17.6 Å². The molecule has 0 fully saturated rings. The highest BCUT2D eigenvalue weighted by molar-refractivity contribution is 5.91.